The molecular weight excluding hydrogens is 378 g/mol. The highest BCUT2D eigenvalue weighted by Crippen LogP contribution is 2.25. The molecule has 0 saturated carbocycles. The highest BCUT2D eigenvalue weighted by Gasteiger charge is 2.26. The molecule has 1 saturated heterocycles. The summed E-state index contributed by atoms with van der Waals surface area (Å²) in [6.45, 7) is 2.52. The Bertz CT molecular complexity index is 1160. The van der Waals surface area contributed by atoms with Crippen molar-refractivity contribution >= 4 is 45.4 Å². The molecular formula is C19H18ClN7O. The van der Waals surface area contributed by atoms with Crippen molar-refractivity contribution in [2.75, 3.05) is 31.1 Å². The molecule has 0 atom stereocenters. The maximum Gasteiger partial charge on any atom is 0.270 e. The van der Waals surface area contributed by atoms with Crippen LogP contribution in [0.25, 0.3) is 22.1 Å². The van der Waals surface area contributed by atoms with E-state index in [0.717, 1.165) is 16.4 Å². The van der Waals surface area contributed by atoms with Crippen LogP contribution in [0.5, 0.6) is 0 Å². The second kappa shape index (κ2) is 6.49. The number of nitrogens with zero attached hydrogens (tertiary/aromatic N) is 6. The third-order valence-corrected chi connectivity index (χ3v) is 5.31. The van der Waals surface area contributed by atoms with Gasteiger partial charge >= 0.3 is 0 Å². The quantitative estimate of drug-likeness (QED) is 0.527. The molecule has 0 aliphatic carbocycles. The van der Waals surface area contributed by atoms with E-state index in [-0.39, 0.29) is 11.2 Å². The van der Waals surface area contributed by atoms with Crippen molar-refractivity contribution in [2.45, 2.75) is 0 Å². The average Bonchev–Trinajstić information content (AvgIpc) is 3.31. The zero-order chi connectivity index (χ0) is 19.3. The number of halogens is 1. The summed E-state index contributed by atoms with van der Waals surface area (Å²) in [6, 6.07) is 9.80. The van der Waals surface area contributed by atoms with Gasteiger partial charge in [0, 0.05) is 44.1 Å². The first-order chi connectivity index (χ1) is 13.6. The van der Waals surface area contributed by atoms with Crippen LogP contribution in [0, 0.1) is 0 Å². The van der Waals surface area contributed by atoms with Crippen molar-refractivity contribution in [3.63, 3.8) is 0 Å². The number of rotatable bonds is 2. The fourth-order valence-corrected chi connectivity index (χ4v) is 3.83. The monoisotopic (exact) mass is 395 g/mol. The van der Waals surface area contributed by atoms with E-state index < -0.39 is 0 Å². The van der Waals surface area contributed by atoms with Crippen molar-refractivity contribution in [1.29, 1.82) is 0 Å². The molecule has 1 N–H and O–H groups in total. The SMILES string of the molecule is Cn1cnc2c(N3CCN(C(=O)c4cc5ccccc5[nH]4)CC3)nc(Cl)nc21. The molecule has 3 aromatic heterocycles. The van der Waals surface area contributed by atoms with Crippen molar-refractivity contribution in [3.8, 4) is 0 Å². The second-order valence-corrected chi connectivity index (χ2v) is 7.23. The Morgan fingerprint density at radius 1 is 1.14 bits per heavy atom. The van der Waals surface area contributed by atoms with E-state index in [9.17, 15) is 4.79 Å². The first-order valence-corrected chi connectivity index (χ1v) is 9.44. The summed E-state index contributed by atoms with van der Waals surface area (Å²) in [4.78, 5) is 33.1. The first kappa shape index (κ1) is 17.0. The topological polar surface area (TPSA) is 82.9 Å². The molecule has 8 nitrogen and oxygen atoms in total. The number of imidazole rings is 1. The number of aromatic amines is 1. The minimum absolute atomic E-state index is 0.0135. The van der Waals surface area contributed by atoms with Crippen molar-refractivity contribution < 1.29 is 4.79 Å². The molecule has 1 aliphatic heterocycles. The summed E-state index contributed by atoms with van der Waals surface area (Å²) in [5.41, 5.74) is 3.01. The van der Waals surface area contributed by atoms with Gasteiger partial charge in [-0.2, -0.15) is 9.97 Å². The molecule has 4 heterocycles. The molecule has 0 spiro atoms. The molecule has 1 amide bonds. The lowest BCUT2D eigenvalue weighted by molar-refractivity contribution is 0.0741. The van der Waals surface area contributed by atoms with Crippen LogP contribution >= 0.6 is 11.6 Å². The number of para-hydroxylation sites is 1. The van der Waals surface area contributed by atoms with Gasteiger partial charge in [0.15, 0.2) is 17.0 Å². The number of hydrogen-bond acceptors (Lipinski definition) is 5. The Morgan fingerprint density at radius 2 is 1.93 bits per heavy atom. The third kappa shape index (κ3) is 2.77. The zero-order valence-electron chi connectivity index (χ0n) is 15.3. The van der Waals surface area contributed by atoms with Crippen LogP contribution in [0.3, 0.4) is 0 Å². The van der Waals surface area contributed by atoms with E-state index in [2.05, 4.69) is 24.8 Å². The van der Waals surface area contributed by atoms with Crippen LogP contribution in [0.15, 0.2) is 36.7 Å². The number of carbonyl (C=O) groups excluding carboxylic acids is 1. The Kier molecular flexibility index (Phi) is 3.94. The fourth-order valence-electron chi connectivity index (χ4n) is 3.67. The largest absolute Gasteiger partial charge is 0.351 e. The number of fused-ring (bicyclic) bond motifs is 2. The number of aryl methyl sites for hydroxylation is 1. The average molecular weight is 396 g/mol. The number of carbonyl (C=O) groups is 1. The molecule has 142 valence electrons. The molecule has 9 heteroatoms. The number of hydrogen-bond donors (Lipinski definition) is 1. The van der Waals surface area contributed by atoms with Crippen molar-refractivity contribution in [3.05, 3.63) is 47.6 Å². The number of aromatic nitrogens is 5. The van der Waals surface area contributed by atoms with Crippen LogP contribution in [0.4, 0.5) is 5.82 Å². The molecule has 0 unspecified atom stereocenters. The lowest BCUT2D eigenvalue weighted by atomic mass is 10.2. The van der Waals surface area contributed by atoms with E-state index >= 15 is 0 Å². The Morgan fingerprint density at radius 3 is 2.71 bits per heavy atom. The van der Waals surface area contributed by atoms with Gasteiger partial charge in [0.05, 0.1) is 6.33 Å². The number of nitrogens with one attached hydrogen (secondary N) is 1. The van der Waals surface area contributed by atoms with Gasteiger partial charge in [0.1, 0.15) is 5.69 Å². The highest BCUT2D eigenvalue weighted by atomic mass is 35.5. The number of benzene rings is 1. The molecule has 5 rings (SSSR count). The molecule has 4 aromatic rings. The van der Waals surface area contributed by atoms with Crippen LogP contribution in [0.1, 0.15) is 10.5 Å². The van der Waals surface area contributed by atoms with Crippen LogP contribution < -0.4 is 4.90 Å². The van der Waals surface area contributed by atoms with E-state index in [1.54, 1.807) is 6.33 Å². The molecule has 1 aliphatic rings. The lowest BCUT2D eigenvalue weighted by Gasteiger charge is -2.35. The smallest absolute Gasteiger partial charge is 0.270 e. The van der Waals surface area contributed by atoms with E-state index in [1.165, 1.54) is 0 Å². The highest BCUT2D eigenvalue weighted by molar-refractivity contribution is 6.28. The first-order valence-electron chi connectivity index (χ1n) is 9.07. The van der Waals surface area contributed by atoms with Gasteiger partial charge in [0.2, 0.25) is 5.28 Å². The van der Waals surface area contributed by atoms with Gasteiger partial charge in [-0.1, -0.05) is 18.2 Å². The van der Waals surface area contributed by atoms with Crippen molar-refractivity contribution in [1.82, 2.24) is 29.4 Å². The molecule has 0 bridgehead atoms. The summed E-state index contributed by atoms with van der Waals surface area (Å²) in [7, 11) is 1.87. The van der Waals surface area contributed by atoms with Gasteiger partial charge in [-0.15, -0.1) is 0 Å². The molecule has 28 heavy (non-hydrogen) atoms. The van der Waals surface area contributed by atoms with Crippen LogP contribution in [-0.2, 0) is 7.05 Å². The maximum atomic E-state index is 12.9. The number of anilines is 1. The lowest BCUT2D eigenvalue weighted by Crippen LogP contribution is -2.49. The van der Waals surface area contributed by atoms with Gasteiger partial charge in [-0.3, -0.25) is 4.79 Å². The predicted molar refractivity (Wildman–Crippen MR) is 108 cm³/mol. The molecule has 0 radical (unpaired) electrons. The van der Waals surface area contributed by atoms with Gasteiger partial charge < -0.3 is 19.4 Å². The number of amides is 1. The summed E-state index contributed by atoms with van der Waals surface area (Å²) in [5, 5.41) is 1.24. The van der Waals surface area contributed by atoms with Gasteiger partial charge in [-0.05, 0) is 23.7 Å². The predicted octanol–water partition coefficient (Wildman–Crippen LogP) is 2.46. The van der Waals surface area contributed by atoms with E-state index in [4.69, 9.17) is 11.6 Å². The summed E-state index contributed by atoms with van der Waals surface area (Å²) >= 11 is 6.11. The number of piperazine rings is 1. The van der Waals surface area contributed by atoms with Crippen LogP contribution in [0.2, 0.25) is 5.28 Å². The minimum Gasteiger partial charge on any atom is -0.351 e. The summed E-state index contributed by atoms with van der Waals surface area (Å²) < 4.78 is 1.82. The summed E-state index contributed by atoms with van der Waals surface area (Å²) in [5.74, 6) is 0.730. The third-order valence-electron chi connectivity index (χ3n) is 5.14. The minimum atomic E-state index is 0.0135. The fraction of sp³-hybridized carbons (Fsp3) is 0.263. The maximum absolute atomic E-state index is 12.9. The van der Waals surface area contributed by atoms with Gasteiger partial charge in [0.25, 0.3) is 5.91 Å². The second-order valence-electron chi connectivity index (χ2n) is 6.89. The summed E-state index contributed by atoms with van der Waals surface area (Å²) in [6.07, 6.45) is 1.70. The Balaban J connectivity index is 1.36. The Labute approximate surface area is 165 Å². The molecule has 1 aromatic carbocycles. The zero-order valence-corrected chi connectivity index (χ0v) is 16.0. The Hall–Kier alpha value is -3.13. The van der Waals surface area contributed by atoms with E-state index in [0.29, 0.717) is 43.3 Å². The van der Waals surface area contributed by atoms with Crippen molar-refractivity contribution in [2.24, 2.45) is 7.05 Å². The standard InChI is InChI=1S/C19H18ClN7O/c1-25-11-21-15-16(25)23-19(20)24-17(15)26-6-8-27(9-7-26)18(28)14-10-12-4-2-3-5-13(12)22-14/h2-5,10-11,22H,6-9H2,1H3. The van der Waals surface area contributed by atoms with Gasteiger partial charge in [-0.25, -0.2) is 4.98 Å². The van der Waals surface area contributed by atoms with Crippen LogP contribution in [-0.4, -0.2) is 61.5 Å². The van der Waals surface area contributed by atoms with E-state index in [1.807, 2.05) is 46.8 Å². The normalized spacial score (nSPS) is 14.9. The molecule has 1 fully saturated rings. The number of H-pyrrole nitrogens is 1.